The minimum atomic E-state index is -4.77. The molecule has 0 saturated heterocycles. The van der Waals surface area contributed by atoms with Crippen molar-refractivity contribution in [2.45, 2.75) is 24.6 Å². The third kappa shape index (κ3) is 3.74. The number of benzene rings is 2. The van der Waals surface area contributed by atoms with E-state index in [1.807, 2.05) is 6.07 Å². The number of aliphatic imine (C=N–C) groups is 1. The van der Waals surface area contributed by atoms with Crippen LogP contribution in [0.5, 0.6) is 0 Å². The first-order valence-corrected chi connectivity index (χ1v) is 9.22. The second kappa shape index (κ2) is 7.02. The quantitative estimate of drug-likeness (QED) is 0.624. The lowest BCUT2D eigenvalue weighted by Gasteiger charge is -2.34. The van der Waals surface area contributed by atoms with Gasteiger partial charge in [0, 0.05) is 27.9 Å². The van der Waals surface area contributed by atoms with E-state index in [4.69, 9.17) is 16.9 Å². The van der Waals surface area contributed by atoms with Gasteiger partial charge in [0.1, 0.15) is 0 Å². The number of anilines is 2. The second-order valence-electron chi connectivity index (χ2n) is 6.84. The molecule has 146 valence electrons. The van der Waals surface area contributed by atoms with Gasteiger partial charge >= 0.3 is 6.18 Å². The van der Waals surface area contributed by atoms with Crippen LogP contribution < -0.4 is 10.6 Å². The highest BCUT2D eigenvalue weighted by atomic mass is 35.5. The Morgan fingerprint density at radius 1 is 1.21 bits per heavy atom. The number of rotatable bonds is 1. The fraction of sp³-hybridized carbons (Fsp3) is 0.238. The van der Waals surface area contributed by atoms with Crippen molar-refractivity contribution in [3.63, 3.8) is 0 Å². The van der Waals surface area contributed by atoms with Crippen molar-refractivity contribution >= 4 is 28.9 Å². The Hall–Kier alpha value is -3.16. The van der Waals surface area contributed by atoms with Gasteiger partial charge in [0.15, 0.2) is 0 Å². The van der Waals surface area contributed by atoms with E-state index in [0.29, 0.717) is 11.3 Å². The van der Waals surface area contributed by atoms with Gasteiger partial charge in [-0.05, 0) is 49.2 Å². The molecule has 1 atom stereocenters. The van der Waals surface area contributed by atoms with E-state index in [1.165, 1.54) is 24.3 Å². The van der Waals surface area contributed by atoms with E-state index >= 15 is 0 Å². The molecule has 2 N–H and O–H groups in total. The normalized spacial score (nSPS) is 20.3. The fourth-order valence-corrected chi connectivity index (χ4v) is 3.16. The molecule has 0 bridgehead atoms. The zero-order valence-electron chi connectivity index (χ0n) is 14.9. The predicted octanol–water partition coefficient (Wildman–Crippen LogP) is 5.28. The van der Waals surface area contributed by atoms with Crippen LogP contribution in [0.15, 0.2) is 47.5 Å². The maximum absolute atomic E-state index is 14.4. The van der Waals surface area contributed by atoms with Gasteiger partial charge in [-0.25, -0.2) is 4.99 Å². The van der Waals surface area contributed by atoms with Crippen LogP contribution in [-0.4, -0.2) is 12.1 Å². The fourth-order valence-electron chi connectivity index (χ4n) is 2.99. The summed E-state index contributed by atoms with van der Waals surface area (Å²) < 4.78 is 43.1. The van der Waals surface area contributed by atoms with Crippen molar-refractivity contribution in [2.75, 3.05) is 10.6 Å². The minimum Gasteiger partial charge on any atom is -0.326 e. The lowest BCUT2D eigenvalue weighted by molar-refractivity contribution is -0.170. The summed E-state index contributed by atoms with van der Waals surface area (Å²) in [5, 5.41) is 14.9. The largest absolute Gasteiger partial charge is 0.429 e. The van der Waals surface area contributed by atoms with Crippen molar-refractivity contribution in [2.24, 2.45) is 10.9 Å². The van der Waals surface area contributed by atoms with E-state index in [1.54, 1.807) is 18.2 Å². The maximum Gasteiger partial charge on any atom is 0.429 e. The number of nitrogens with one attached hydrogen (secondary N) is 2. The molecule has 1 aliphatic carbocycles. The van der Waals surface area contributed by atoms with Crippen LogP contribution in [-0.2, 0) is 5.54 Å². The molecule has 29 heavy (non-hydrogen) atoms. The average Bonchev–Trinajstić information content (AvgIpc) is 3.50. The first-order chi connectivity index (χ1) is 13.8. The third-order valence-electron chi connectivity index (χ3n) is 4.60. The monoisotopic (exact) mass is 414 g/mol. The van der Waals surface area contributed by atoms with Gasteiger partial charge in [0.05, 0.1) is 11.6 Å². The Balaban J connectivity index is 1.84. The molecule has 1 aliphatic heterocycles. The first-order valence-electron chi connectivity index (χ1n) is 8.84. The molecule has 0 aromatic heterocycles. The molecule has 1 heterocycles. The summed E-state index contributed by atoms with van der Waals surface area (Å²) in [5.41, 5.74) is -1.86. The van der Waals surface area contributed by atoms with Crippen molar-refractivity contribution in [1.29, 1.82) is 5.26 Å². The van der Waals surface area contributed by atoms with Crippen LogP contribution >= 0.6 is 11.6 Å². The molecule has 0 radical (unpaired) electrons. The molecule has 8 heteroatoms. The van der Waals surface area contributed by atoms with Gasteiger partial charge in [-0.15, -0.1) is 0 Å². The highest BCUT2D eigenvalue weighted by molar-refractivity contribution is 6.30. The number of guanidine groups is 1. The molecule has 4 rings (SSSR count). The number of nitrogens with zero attached hydrogens (tertiary/aromatic N) is 2. The molecule has 0 spiro atoms. The van der Waals surface area contributed by atoms with Gasteiger partial charge in [0.2, 0.25) is 11.5 Å². The summed E-state index contributed by atoms with van der Waals surface area (Å²) in [5.74, 6) is 4.97. The molecule has 1 fully saturated rings. The Labute approximate surface area is 170 Å². The Kier molecular flexibility index (Phi) is 4.64. The lowest BCUT2D eigenvalue weighted by Crippen LogP contribution is -2.45. The van der Waals surface area contributed by atoms with E-state index in [2.05, 4.69) is 27.5 Å². The summed E-state index contributed by atoms with van der Waals surface area (Å²) in [6, 6.07) is 12.6. The van der Waals surface area contributed by atoms with Crippen LogP contribution in [0, 0.1) is 29.1 Å². The Morgan fingerprint density at radius 2 is 2.00 bits per heavy atom. The zero-order valence-corrected chi connectivity index (χ0v) is 15.7. The summed E-state index contributed by atoms with van der Waals surface area (Å²) in [4.78, 5) is 3.97. The van der Waals surface area contributed by atoms with Crippen LogP contribution in [0.2, 0.25) is 5.02 Å². The van der Waals surface area contributed by atoms with E-state index in [-0.39, 0.29) is 28.2 Å². The molecular formula is C21H14ClF3N4. The standard InChI is InChI=1S/C21H14ClF3N4/c22-15-6-7-18-17(11-15)20(21(23,24)25,9-8-13-4-5-13)29-19(28-18)27-16-3-1-2-14(10-16)12-26/h1-3,6-7,10-11,13H,4-5H2,(H2,27,28,29). The molecule has 2 aliphatic rings. The summed E-state index contributed by atoms with van der Waals surface area (Å²) in [6.45, 7) is 0. The third-order valence-corrected chi connectivity index (χ3v) is 4.84. The summed E-state index contributed by atoms with van der Waals surface area (Å²) in [6.07, 6.45) is -3.19. The number of alkyl halides is 3. The number of nitriles is 1. The zero-order chi connectivity index (χ0) is 20.6. The summed E-state index contributed by atoms with van der Waals surface area (Å²) in [7, 11) is 0. The molecule has 4 nitrogen and oxygen atoms in total. The van der Waals surface area contributed by atoms with Crippen molar-refractivity contribution in [3.05, 3.63) is 58.6 Å². The highest BCUT2D eigenvalue weighted by Gasteiger charge is 2.58. The number of hydrogen-bond acceptors (Lipinski definition) is 4. The topological polar surface area (TPSA) is 60.2 Å². The smallest absolute Gasteiger partial charge is 0.326 e. The van der Waals surface area contributed by atoms with E-state index in [0.717, 1.165) is 12.8 Å². The molecule has 0 amide bonds. The molecule has 2 aromatic carbocycles. The SMILES string of the molecule is N#Cc1cccc(NC2=NC(C#CC3CC3)(C(F)(F)F)c3cc(Cl)ccc3N2)c1. The van der Waals surface area contributed by atoms with Crippen LogP contribution in [0.25, 0.3) is 0 Å². The lowest BCUT2D eigenvalue weighted by atomic mass is 9.87. The maximum atomic E-state index is 14.4. The Bertz CT molecular complexity index is 1100. The van der Waals surface area contributed by atoms with Gasteiger partial charge in [-0.3, -0.25) is 0 Å². The summed E-state index contributed by atoms with van der Waals surface area (Å²) >= 11 is 5.99. The van der Waals surface area contributed by atoms with Gasteiger partial charge in [-0.2, -0.15) is 18.4 Å². The van der Waals surface area contributed by atoms with Gasteiger partial charge < -0.3 is 10.6 Å². The number of halogens is 4. The van der Waals surface area contributed by atoms with Crippen LogP contribution in [0.1, 0.15) is 24.0 Å². The molecular weight excluding hydrogens is 401 g/mol. The van der Waals surface area contributed by atoms with E-state index in [9.17, 15) is 13.2 Å². The molecule has 1 saturated carbocycles. The van der Waals surface area contributed by atoms with Gasteiger partial charge in [-0.1, -0.05) is 29.5 Å². The van der Waals surface area contributed by atoms with E-state index < -0.39 is 11.7 Å². The second-order valence-corrected chi connectivity index (χ2v) is 7.28. The van der Waals surface area contributed by atoms with Gasteiger partial charge in [0.25, 0.3) is 0 Å². The van der Waals surface area contributed by atoms with Crippen molar-refractivity contribution in [3.8, 4) is 17.9 Å². The number of hydrogen-bond donors (Lipinski definition) is 2. The average molecular weight is 415 g/mol. The first kappa shape index (κ1) is 19.2. The Morgan fingerprint density at radius 3 is 2.69 bits per heavy atom. The number of fused-ring (bicyclic) bond motifs is 1. The predicted molar refractivity (Wildman–Crippen MR) is 106 cm³/mol. The van der Waals surface area contributed by atoms with Crippen LogP contribution in [0.4, 0.5) is 24.5 Å². The highest BCUT2D eigenvalue weighted by Crippen LogP contribution is 2.48. The molecule has 1 unspecified atom stereocenters. The van der Waals surface area contributed by atoms with Crippen molar-refractivity contribution in [1.82, 2.24) is 0 Å². The molecule has 2 aromatic rings. The van der Waals surface area contributed by atoms with Crippen LogP contribution in [0.3, 0.4) is 0 Å². The minimum absolute atomic E-state index is 0.0364. The van der Waals surface area contributed by atoms with Crippen molar-refractivity contribution < 1.29 is 13.2 Å².